The predicted octanol–water partition coefficient (Wildman–Crippen LogP) is 3.07. The summed E-state index contributed by atoms with van der Waals surface area (Å²) in [4.78, 5) is 11.3. The van der Waals surface area contributed by atoms with E-state index in [2.05, 4.69) is 0 Å². The van der Waals surface area contributed by atoms with Crippen molar-refractivity contribution >= 4 is 5.97 Å². The van der Waals surface area contributed by atoms with Gasteiger partial charge in [-0.25, -0.2) is 8.78 Å². The summed E-state index contributed by atoms with van der Waals surface area (Å²) in [5, 5.41) is 9.18. The number of benzene rings is 1. The molecule has 0 bridgehead atoms. The van der Waals surface area contributed by atoms with Gasteiger partial charge in [0, 0.05) is 5.92 Å². The molecule has 4 heteroatoms. The van der Waals surface area contributed by atoms with E-state index < -0.39 is 23.7 Å². The summed E-state index contributed by atoms with van der Waals surface area (Å²) in [7, 11) is 0. The van der Waals surface area contributed by atoms with Crippen LogP contribution >= 0.6 is 0 Å². The van der Waals surface area contributed by atoms with Crippen molar-refractivity contribution in [1.82, 2.24) is 0 Å². The molecule has 17 heavy (non-hydrogen) atoms. The van der Waals surface area contributed by atoms with Crippen LogP contribution in [0.1, 0.15) is 30.4 Å². The Labute approximate surface area is 98.3 Å². The molecule has 0 heterocycles. The van der Waals surface area contributed by atoms with E-state index in [0.717, 1.165) is 11.1 Å². The number of carboxylic acid groups (broad SMARTS) is 1. The molecule has 2 rings (SSSR count). The molecule has 2 nitrogen and oxygen atoms in total. The lowest BCUT2D eigenvalue weighted by Gasteiger charge is -2.39. The molecule has 0 saturated heterocycles. The number of hydrogen-bond donors (Lipinski definition) is 1. The summed E-state index contributed by atoms with van der Waals surface area (Å²) in [6, 6.07) is 7.24. The molecule has 0 fully saturated rings. The number of aryl methyl sites for hydroxylation is 1. The third-order valence-electron chi connectivity index (χ3n) is 3.89. The number of alkyl halides is 2. The summed E-state index contributed by atoms with van der Waals surface area (Å²) < 4.78 is 26.4. The summed E-state index contributed by atoms with van der Waals surface area (Å²) in [6.45, 7) is 1.58. The Morgan fingerprint density at radius 3 is 2.71 bits per heavy atom. The minimum absolute atomic E-state index is 0.00181. The zero-order valence-electron chi connectivity index (χ0n) is 9.49. The smallest absolute Gasteiger partial charge is 0.316 e. The number of hydrogen-bond acceptors (Lipinski definition) is 1. The summed E-state index contributed by atoms with van der Waals surface area (Å²) in [6.07, 6.45) is -2.45. The van der Waals surface area contributed by atoms with Gasteiger partial charge in [-0.3, -0.25) is 4.79 Å². The Balaban J connectivity index is 2.51. The lowest BCUT2D eigenvalue weighted by atomic mass is 9.65. The Kier molecular flexibility index (Phi) is 2.89. The fraction of sp³-hybridized carbons (Fsp3) is 0.462. The molecule has 0 amide bonds. The monoisotopic (exact) mass is 240 g/mol. The van der Waals surface area contributed by atoms with Crippen molar-refractivity contribution in [2.45, 2.75) is 32.1 Å². The average molecular weight is 240 g/mol. The first-order chi connectivity index (χ1) is 8.00. The van der Waals surface area contributed by atoms with Crippen LogP contribution in [-0.4, -0.2) is 17.5 Å². The van der Waals surface area contributed by atoms with Gasteiger partial charge in [0.25, 0.3) is 6.43 Å². The van der Waals surface area contributed by atoms with Gasteiger partial charge in [0.15, 0.2) is 0 Å². The van der Waals surface area contributed by atoms with Crippen molar-refractivity contribution < 1.29 is 18.7 Å². The maximum atomic E-state index is 13.2. The van der Waals surface area contributed by atoms with Gasteiger partial charge in [0.2, 0.25) is 0 Å². The minimum Gasteiger partial charge on any atom is -0.481 e. The molecule has 1 aliphatic carbocycles. The standard InChI is InChI=1S/C13H14F2O2/c1-8-10-5-3-2-4-9(10)6-7-13(8,11(14)15)12(16)17/h2-5,8,11H,6-7H2,1H3,(H,16,17). The van der Waals surface area contributed by atoms with Crippen LogP contribution in [0.3, 0.4) is 0 Å². The molecular formula is C13H14F2O2. The summed E-state index contributed by atoms with van der Waals surface area (Å²) in [5.41, 5.74) is -0.215. The molecule has 0 radical (unpaired) electrons. The second-order valence-corrected chi connectivity index (χ2v) is 4.57. The molecule has 1 aliphatic rings. The van der Waals surface area contributed by atoms with Gasteiger partial charge < -0.3 is 5.11 Å². The number of carboxylic acids is 1. The fourth-order valence-corrected chi connectivity index (χ4v) is 2.70. The predicted molar refractivity (Wildman–Crippen MR) is 59.3 cm³/mol. The van der Waals surface area contributed by atoms with E-state index in [1.54, 1.807) is 19.1 Å². The van der Waals surface area contributed by atoms with Gasteiger partial charge in [-0.1, -0.05) is 31.2 Å². The first-order valence-electron chi connectivity index (χ1n) is 5.59. The average Bonchev–Trinajstić information content (AvgIpc) is 2.29. The molecule has 0 aliphatic heterocycles. The zero-order chi connectivity index (χ0) is 12.6. The van der Waals surface area contributed by atoms with Crippen LogP contribution < -0.4 is 0 Å². The van der Waals surface area contributed by atoms with Gasteiger partial charge in [0.1, 0.15) is 5.41 Å². The fourth-order valence-electron chi connectivity index (χ4n) is 2.70. The van der Waals surface area contributed by atoms with E-state index in [4.69, 9.17) is 0 Å². The lowest BCUT2D eigenvalue weighted by molar-refractivity contribution is -0.163. The first-order valence-corrected chi connectivity index (χ1v) is 5.59. The zero-order valence-corrected chi connectivity index (χ0v) is 9.49. The Morgan fingerprint density at radius 2 is 2.12 bits per heavy atom. The maximum absolute atomic E-state index is 13.2. The topological polar surface area (TPSA) is 37.3 Å². The summed E-state index contributed by atoms with van der Waals surface area (Å²) >= 11 is 0. The van der Waals surface area contributed by atoms with E-state index >= 15 is 0 Å². The second kappa shape index (κ2) is 4.09. The largest absolute Gasteiger partial charge is 0.481 e. The Bertz CT molecular complexity index is 445. The van der Waals surface area contributed by atoms with E-state index in [0.29, 0.717) is 6.42 Å². The number of carbonyl (C=O) groups is 1. The Morgan fingerprint density at radius 1 is 1.47 bits per heavy atom. The molecule has 0 saturated carbocycles. The molecule has 1 N–H and O–H groups in total. The molecule has 0 spiro atoms. The third-order valence-corrected chi connectivity index (χ3v) is 3.89. The highest BCUT2D eigenvalue weighted by molar-refractivity contribution is 5.77. The van der Waals surface area contributed by atoms with Crippen LogP contribution in [0.4, 0.5) is 8.78 Å². The minimum atomic E-state index is -2.84. The highest BCUT2D eigenvalue weighted by Crippen LogP contribution is 2.49. The quantitative estimate of drug-likeness (QED) is 0.862. The number of fused-ring (bicyclic) bond motifs is 1. The van der Waals surface area contributed by atoms with Crippen molar-refractivity contribution in [3.8, 4) is 0 Å². The Hall–Kier alpha value is -1.45. The third kappa shape index (κ3) is 1.63. The first kappa shape index (κ1) is 12.0. The van der Waals surface area contributed by atoms with E-state index in [1.165, 1.54) is 0 Å². The van der Waals surface area contributed by atoms with E-state index in [9.17, 15) is 18.7 Å². The highest BCUT2D eigenvalue weighted by atomic mass is 19.3. The van der Waals surface area contributed by atoms with E-state index in [1.807, 2.05) is 12.1 Å². The number of halogens is 2. The highest BCUT2D eigenvalue weighted by Gasteiger charge is 2.54. The second-order valence-electron chi connectivity index (χ2n) is 4.57. The van der Waals surface area contributed by atoms with Crippen molar-refractivity contribution in [3.05, 3.63) is 35.4 Å². The molecule has 92 valence electrons. The SMILES string of the molecule is CC1c2ccccc2CCC1(C(=O)O)C(F)F. The number of aliphatic carboxylic acids is 1. The maximum Gasteiger partial charge on any atom is 0.316 e. The normalized spacial score (nSPS) is 27.9. The van der Waals surface area contributed by atoms with Crippen molar-refractivity contribution in [3.63, 3.8) is 0 Å². The molecule has 1 aromatic rings. The van der Waals surface area contributed by atoms with Crippen molar-refractivity contribution in [2.75, 3.05) is 0 Å². The van der Waals surface area contributed by atoms with Gasteiger partial charge >= 0.3 is 5.97 Å². The molecule has 0 aromatic heterocycles. The number of rotatable bonds is 2. The molecular weight excluding hydrogens is 226 g/mol. The van der Waals surface area contributed by atoms with E-state index in [-0.39, 0.29) is 6.42 Å². The van der Waals surface area contributed by atoms with Gasteiger partial charge in [-0.15, -0.1) is 0 Å². The lowest BCUT2D eigenvalue weighted by Crippen LogP contribution is -2.45. The van der Waals surface area contributed by atoms with Crippen LogP contribution in [0.25, 0.3) is 0 Å². The van der Waals surface area contributed by atoms with Gasteiger partial charge in [-0.05, 0) is 24.0 Å². The van der Waals surface area contributed by atoms with Crippen molar-refractivity contribution in [2.24, 2.45) is 5.41 Å². The van der Waals surface area contributed by atoms with Crippen LogP contribution in [0.5, 0.6) is 0 Å². The molecule has 2 atom stereocenters. The van der Waals surface area contributed by atoms with Crippen LogP contribution in [0, 0.1) is 5.41 Å². The summed E-state index contributed by atoms with van der Waals surface area (Å²) in [5.74, 6) is -2.06. The molecule has 1 aromatic carbocycles. The van der Waals surface area contributed by atoms with Crippen LogP contribution in [0.2, 0.25) is 0 Å². The van der Waals surface area contributed by atoms with Crippen LogP contribution in [-0.2, 0) is 11.2 Å². The molecule has 2 unspecified atom stereocenters. The van der Waals surface area contributed by atoms with Gasteiger partial charge in [0.05, 0.1) is 0 Å². The van der Waals surface area contributed by atoms with Gasteiger partial charge in [-0.2, -0.15) is 0 Å². The van der Waals surface area contributed by atoms with Crippen LogP contribution in [0.15, 0.2) is 24.3 Å². The van der Waals surface area contributed by atoms with Crippen molar-refractivity contribution in [1.29, 1.82) is 0 Å².